The molecule has 0 bridgehead atoms. The highest BCUT2D eigenvalue weighted by Crippen LogP contribution is 2.05. The third kappa shape index (κ3) is 2.64. The molecule has 12 heavy (non-hydrogen) atoms. The van der Waals surface area contributed by atoms with Gasteiger partial charge in [0.25, 0.3) is 0 Å². The standard InChI is InChI=1S/C8H15N3O/c1-8(2,12)6-11-4-3-7(5-9)10-11/h3-4,12H,5-6,9H2,1-2H3. The predicted molar refractivity (Wildman–Crippen MR) is 46.4 cm³/mol. The van der Waals surface area contributed by atoms with Gasteiger partial charge in [-0.25, -0.2) is 0 Å². The molecule has 0 atom stereocenters. The zero-order valence-electron chi connectivity index (χ0n) is 7.49. The first kappa shape index (κ1) is 9.22. The summed E-state index contributed by atoms with van der Waals surface area (Å²) in [6, 6.07) is 1.85. The smallest absolute Gasteiger partial charge is 0.0786 e. The average molecular weight is 169 g/mol. The van der Waals surface area contributed by atoms with Crippen LogP contribution < -0.4 is 5.73 Å². The highest BCUT2D eigenvalue weighted by Gasteiger charge is 2.13. The van der Waals surface area contributed by atoms with Gasteiger partial charge in [-0.2, -0.15) is 5.10 Å². The molecule has 0 spiro atoms. The van der Waals surface area contributed by atoms with E-state index in [1.165, 1.54) is 0 Å². The summed E-state index contributed by atoms with van der Waals surface area (Å²) in [7, 11) is 0. The van der Waals surface area contributed by atoms with Crippen molar-refractivity contribution in [1.82, 2.24) is 9.78 Å². The van der Waals surface area contributed by atoms with Crippen molar-refractivity contribution < 1.29 is 5.11 Å². The molecule has 1 aromatic rings. The fourth-order valence-corrected chi connectivity index (χ4v) is 0.997. The van der Waals surface area contributed by atoms with Crippen molar-refractivity contribution >= 4 is 0 Å². The van der Waals surface area contributed by atoms with Crippen LogP contribution in [0.1, 0.15) is 19.5 Å². The Morgan fingerprint density at radius 2 is 2.33 bits per heavy atom. The monoisotopic (exact) mass is 169 g/mol. The fraction of sp³-hybridized carbons (Fsp3) is 0.625. The Morgan fingerprint density at radius 1 is 1.67 bits per heavy atom. The van der Waals surface area contributed by atoms with Gasteiger partial charge < -0.3 is 10.8 Å². The minimum absolute atomic E-state index is 0.443. The van der Waals surface area contributed by atoms with Crippen LogP contribution in [0.15, 0.2) is 12.3 Å². The Kier molecular flexibility index (Phi) is 2.49. The van der Waals surface area contributed by atoms with E-state index in [0.717, 1.165) is 5.69 Å². The summed E-state index contributed by atoms with van der Waals surface area (Å²) < 4.78 is 1.70. The summed E-state index contributed by atoms with van der Waals surface area (Å²) in [5, 5.41) is 13.6. The van der Waals surface area contributed by atoms with E-state index in [9.17, 15) is 5.11 Å². The van der Waals surface area contributed by atoms with E-state index in [1.807, 2.05) is 12.3 Å². The topological polar surface area (TPSA) is 64.1 Å². The molecule has 0 fully saturated rings. The molecule has 1 rings (SSSR count). The summed E-state index contributed by atoms with van der Waals surface area (Å²) in [6.45, 7) is 4.43. The van der Waals surface area contributed by atoms with Gasteiger partial charge in [-0.1, -0.05) is 0 Å². The fourth-order valence-electron chi connectivity index (χ4n) is 0.997. The Hall–Kier alpha value is -0.870. The highest BCUT2D eigenvalue weighted by molar-refractivity contribution is 4.98. The van der Waals surface area contributed by atoms with E-state index >= 15 is 0 Å². The molecule has 0 unspecified atom stereocenters. The summed E-state index contributed by atoms with van der Waals surface area (Å²) in [4.78, 5) is 0. The minimum atomic E-state index is -0.724. The van der Waals surface area contributed by atoms with Gasteiger partial charge in [0.2, 0.25) is 0 Å². The van der Waals surface area contributed by atoms with Crippen LogP contribution in [0.25, 0.3) is 0 Å². The quantitative estimate of drug-likeness (QED) is 0.675. The Labute approximate surface area is 72.0 Å². The van der Waals surface area contributed by atoms with E-state index in [2.05, 4.69) is 5.10 Å². The molecule has 0 amide bonds. The van der Waals surface area contributed by atoms with E-state index in [-0.39, 0.29) is 0 Å². The van der Waals surface area contributed by atoms with Gasteiger partial charge in [-0.15, -0.1) is 0 Å². The molecule has 0 aliphatic carbocycles. The van der Waals surface area contributed by atoms with Gasteiger partial charge in [-0.3, -0.25) is 4.68 Å². The summed E-state index contributed by atoms with van der Waals surface area (Å²) >= 11 is 0. The number of aromatic nitrogens is 2. The molecule has 3 N–H and O–H groups in total. The van der Waals surface area contributed by atoms with Crippen molar-refractivity contribution in [2.45, 2.75) is 32.5 Å². The molecule has 4 nitrogen and oxygen atoms in total. The van der Waals surface area contributed by atoms with Gasteiger partial charge >= 0.3 is 0 Å². The normalized spacial score (nSPS) is 12.0. The van der Waals surface area contributed by atoms with Gasteiger partial charge in [0.15, 0.2) is 0 Å². The van der Waals surface area contributed by atoms with Crippen molar-refractivity contribution in [1.29, 1.82) is 0 Å². The highest BCUT2D eigenvalue weighted by atomic mass is 16.3. The first-order valence-corrected chi connectivity index (χ1v) is 3.96. The maximum Gasteiger partial charge on any atom is 0.0786 e. The van der Waals surface area contributed by atoms with E-state index in [1.54, 1.807) is 18.5 Å². The van der Waals surface area contributed by atoms with Gasteiger partial charge in [-0.05, 0) is 19.9 Å². The molecular formula is C8H15N3O. The maximum absolute atomic E-state index is 9.46. The summed E-state index contributed by atoms with van der Waals surface area (Å²) in [6.07, 6.45) is 1.82. The first-order valence-electron chi connectivity index (χ1n) is 3.96. The maximum atomic E-state index is 9.46. The number of hydrogen-bond acceptors (Lipinski definition) is 3. The van der Waals surface area contributed by atoms with Crippen LogP contribution in [0.4, 0.5) is 0 Å². The number of nitrogens with two attached hydrogens (primary N) is 1. The van der Waals surface area contributed by atoms with Gasteiger partial charge in [0, 0.05) is 12.7 Å². The molecule has 1 aromatic heterocycles. The molecule has 0 radical (unpaired) electrons. The molecule has 1 heterocycles. The number of aliphatic hydroxyl groups is 1. The zero-order chi connectivity index (χ0) is 9.19. The third-order valence-corrected chi connectivity index (χ3v) is 1.45. The van der Waals surface area contributed by atoms with Gasteiger partial charge in [0.05, 0.1) is 17.8 Å². The number of rotatable bonds is 3. The van der Waals surface area contributed by atoms with Crippen molar-refractivity contribution in [3.05, 3.63) is 18.0 Å². The second-order valence-electron chi connectivity index (χ2n) is 3.52. The first-order chi connectivity index (χ1) is 5.51. The predicted octanol–water partition coefficient (Wildman–Crippen LogP) is 0.113. The van der Waals surface area contributed by atoms with Gasteiger partial charge in [0.1, 0.15) is 0 Å². The van der Waals surface area contributed by atoms with Crippen LogP contribution in [0.2, 0.25) is 0 Å². The van der Waals surface area contributed by atoms with Crippen molar-refractivity contribution in [2.75, 3.05) is 0 Å². The lowest BCUT2D eigenvalue weighted by atomic mass is 10.1. The summed E-state index contributed by atoms with van der Waals surface area (Å²) in [5.74, 6) is 0. The van der Waals surface area contributed by atoms with Crippen LogP contribution in [0.5, 0.6) is 0 Å². The van der Waals surface area contributed by atoms with Crippen LogP contribution >= 0.6 is 0 Å². The SMILES string of the molecule is CC(C)(O)Cn1ccc(CN)n1. The Morgan fingerprint density at radius 3 is 2.75 bits per heavy atom. The lowest BCUT2D eigenvalue weighted by Crippen LogP contribution is -2.26. The minimum Gasteiger partial charge on any atom is -0.389 e. The van der Waals surface area contributed by atoms with Crippen LogP contribution in [0.3, 0.4) is 0 Å². The van der Waals surface area contributed by atoms with Crippen molar-refractivity contribution in [3.63, 3.8) is 0 Å². The molecule has 0 aliphatic heterocycles. The molecule has 0 saturated heterocycles. The second-order valence-corrected chi connectivity index (χ2v) is 3.52. The molecule has 0 aromatic carbocycles. The Balaban J connectivity index is 2.64. The largest absolute Gasteiger partial charge is 0.389 e. The Bertz CT molecular complexity index is 249. The zero-order valence-corrected chi connectivity index (χ0v) is 7.49. The van der Waals surface area contributed by atoms with Crippen molar-refractivity contribution in [3.8, 4) is 0 Å². The van der Waals surface area contributed by atoms with Crippen LogP contribution in [-0.2, 0) is 13.1 Å². The molecule has 4 heteroatoms. The molecule has 0 aliphatic rings. The molecule has 0 saturated carbocycles. The number of nitrogens with zero attached hydrogens (tertiary/aromatic N) is 2. The third-order valence-electron chi connectivity index (χ3n) is 1.45. The number of hydrogen-bond donors (Lipinski definition) is 2. The van der Waals surface area contributed by atoms with Crippen LogP contribution in [0, 0.1) is 0 Å². The second kappa shape index (κ2) is 3.25. The summed E-state index contributed by atoms with van der Waals surface area (Å²) in [5.41, 5.74) is 5.51. The van der Waals surface area contributed by atoms with Crippen LogP contribution in [-0.4, -0.2) is 20.5 Å². The lowest BCUT2D eigenvalue weighted by Gasteiger charge is -2.16. The molecular weight excluding hydrogens is 154 g/mol. The van der Waals surface area contributed by atoms with E-state index in [0.29, 0.717) is 13.1 Å². The average Bonchev–Trinajstić information content (AvgIpc) is 2.32. The van der Waals surface area contributed by atoms with E-state index in [4.69, 9.17) is 5.73 Å². The lowest BCUT2D eigenvalue weighted by molar-refractivity contribution is 0.0576. The molecule has 68 valence electrons. The van der Waals surface area contributed by atoms with Crippen molar-refractivity contribution in [2.24, 2.45) is 5.73 Å². The van der Waals surface area contributed by atoms with E-state index < -0.39 is 5.60 Å².